The summed E-state index contributed by atoms with van der Waals surface area (Å²) in [6.45, 7) is 2.62. The number of halogens is 2. The Labute approximate surface area is 155 Å². The van der Waals surface area contributed by atoms with Crippen molar-refractivity contribution in [1.82, 2.24) is 25.1 Å². The molecule has 0 radical (unpaired) electrons. The number of rotatable bonds is 8. The average molecular weight is 377 g/mol. The Hall–Kier alpha value is -2.65. The van der Waals surface area contributed by atoms with Gasteiger partial charge in [-0.3, -0.25) is 4.68 Å². The van der Waals surface area contributed by atoms with Crippen molar-refractivity contribution < 1.29 is 18.6 Å². The van der Waals surface area contributed by atoms with E-state index in [1.165, 1.54) is 0 Å². The lowest BCUT2D eigenvalue weighted by Crippen LogP contribution is -2.21. The van der Waals surface area contributed by atoms with Crippen LogP contribution in [0.3, 0.4) is 0 Å². The van der Waals surface area contributed by atoms with Gasteiger partial charge in [0.1, 0.15) is 6.33 Å². The number of fused-ring (bicyclic) bond motifs is 1. The molecule has 2 heterocycles. The van der Waals surface area contributed by atoms with Gasteiger partial charge in [0.2, 0.25) is 5.88 Å². The summed E-state index contributed by atoms with van der Waals surface area (Å²) in [6.07, 6.45) is 3.72. The van der Waals surface area contributed by atoms with Gasteiger partial charge in [-0.05, 0) is 43.0 Å². The number of aliphatic hydroxyl groups excluding tert-OH is 1. The van der Waals surface area contributed by atoms with E-state index in [4.69, 9.17) is 9.84 Å². The molecule has 7 nitrogen and oxygen atoms in total. The molecule has 1 unspecified atom stereocenters. The Bertz CT molecular complexity index is 932. The van der Waals surface area contributed by atoms with Crippen LogP contribution < -0.4 is 10.1 Å². The van der Waals surface area contributed by atoms with Gasteiger partial charge in [-0.25, -0.2) is 18.7 Å². The highest BCUT2D eigenvalue weighted by atomic mass is 19.2. The quantitative estimate of drug-likeness (QED) is 0.586. The van der Waals surface area contributed by atoms with Gasteiger partial charge in [-0.1, -0.05) is 0 Å². The van der Waals surface area contributed by atoms with Crippen molar-refractivity contribution in [3.63, 3.8) is 0 Å². The Morgan fingerprint density at radius 3 is 2.63 bits per heavy atom. The molecule has 0 fully saturated rings. The van der Waals surface area contributed by atoms with Crippen molar-refractivity contribution in [3.05, 3.63) is 47.7 Å². The first kappa shape index (κ1) is 19.1. The third kappa shape index (κ3) is 4.37. The minimum absolute atomic E-state index is 0.0611. The van der Waals surface area contributed by atoms with Crippen LogP contribution in [-0.4, -0.2) is 38.0 Å². The SMILES string of the molecule is CC(NCCCO)c1cnc(OCc2ncn(C)n2)c2cc(F)c(F)cc12. The second-order valence-corrected chi connectivity index (χ2v) is 6.21. The molecule has 0 aliphatic heterocycles. The maximum Gasteiger partial charge on any atom is 0.221 e. The summed E-state index contributed by atoms with van der Waals surface area (Å²) in [4.78, 5) is 8.35. The highest BCUT2D eigenvalue weighted by Crippen LogP contribution is 2.31. The molecule has 0 bridgehead atoms. The molecule has 2 aromatic heterocycles. The van der Waals surface area contributed by atoms with Crippen LogP contribution in [0.1, 0.15) is 30.8 Å². The van der Waals surface area contributed by atoms with Crippen LogP contribution in [0.2, 0.25) is 0 Å². The molecule has 0 aliphatic rings. The molecule has 3 rings (SSSR count). The molecule has 0 saturated heterocycles. The first-order chi connectivity index (χ1) is 13.0. The topological polar surface area (TPSA) is 85.1 Å². The summed E-state index contributed by atoms with van der Waals surface area (Å²) in [5, 5.41) is 17.1. The van der Waals surface area contributed by atoms with E-state index < -0.39 is 11.6 Å². The van der Waals surface area contributed by atoms with Crippen molar-refractivity contribution in [2.75, 3.05) is 13.2 Å². The van der Waals surface area contributed by atoms with Crippen molar-refractivity contribution in [1.29, 1.82) is 0 Å². The smallest absolute Gasteiger partial charge is 0.221 e. The average Bonchev–Trinajstić information content (AvgIpc) is 3.06. The van der Waals surface area contributed by atoms with Crippen LogP contribution in [0, 0.1) is 11.6 Å². The summed E-state index contributed by atoms with van der Waals surface area (Å²) in [7, 11) is 1.74. The van der Waals surface area contributed by atoms with Crippen molar-refractivity contribution in [2.24, 2.45) is 7.05 Å². The van der Waals surface area contributed by atoms with Crippen LogP contribution in [-0.2, 0) is 13.7 Å². The fourth-order valence-electron chi connectivity index (χ4n) is 2.78. The first-order valence-electron chi connectivity index (χ1n) is 8.58. The minimum atomic E-state index is -0.969. The molecule has 3 aromatic rings. The van der Waals surface area contributed by atoms with E-state index >= 15 is 0 Å². The van der Waals surface area contributed by atoms with Crippen LogP contribution in [0.4, 0.5) is 8.78 Å². The fourth-order valence-corrected chi connectivity index (χ4v) is 2.78. The Kier molecular flexibility index (Phi) is 5.92. The summed E-state index contributed by atoms with van der Waals surface area (Å²) in [5.41, 5.74) is 0.713. The van der Waals surface area contributed by atoms with Crippen LogP contribution in [0.15, 0.2) is 24.7 Å². The normalized spacial score (nSPS) is 12.5. The summed E-state index contributed by atoms with van der Waals surface area (Å²) < 4.78 is 34.9. The molecular formula is C18H21F2N5O2. The van der Waals surface area contributed by atoms with E-state index in [0.29, 0.717) is 35.1 Å². The van der Waals surface area contributed by atoms with Gasteiger partial charge in [0.05, 0.1) is 0 Å². The summed E-state index contributed by atoms with van der Waals surface area (Å²) >= 11 is 0. The standard InChI is InChI=1S/C18H21F2N5O2/c1-11(21-4-3-5-26)14-8-22-18(27-9-17-23-10-25(2)24-17)13-7-16(20)15(19)6-12(13)14/h6-8,10-11,21,26H,3-5,9H2,1-2H3. The Morgan fingerprint density at radius 2 is 1.96 bits per heavy atom. The number of aryl methyl sites for hydroxylation is 1. The Morgan fingerprint density at radius 1 is 1.22 bits per heavy atom. The predicted octanol–water partition coefficient (Wildman–Crippen LogP) is 2.25. The largest absolute Gasteiger partial charge is 0.469 e. The van der Waals surface area contributed by atoms with Crippen molar-refractivity contribution in [3.8, 4) is 5.88 Å². The fraction of sp³-hybridized carbons (Fsp3) is 0.389. The molecule has 1 atom stereocenters. The second-order valence-electron chi connectivity index (χ2n) is 6.21. The molecule has 0 spiro atoms. The van der Waals surface area contributed by atoms with E-state index in [1.54, 1.807) is 24.3 Å². The molecule has 0 aliphatic carbocycles. The zero-order chi connectivity index (χ0) is 19.4. The number of hydrogen-bond donors (Lipinski definition) is 2. The number of nitrogens with zero attached hydrogens (tertiary/aromatic N) is 4. The number of hydrogen-bond acceptors (Lipinski definition) is 6. The maximum atomic E-state index is 13.9. The molecule has 2 N–H and O–H groups in total. The number of benzene rings is 1. The molecule has 9 heteroatoms. The monoisotopic (exact) mass is 377 g/mol. The number of nitrogens with one attached hydrogen (secondary N) is 1. The maximum absolute atomic E-state index is 13.9. The van der Waals surface area contributed by atoms with Gasteiger partial charge in [-0.2, -0.15) is 5.10 Å². The third-order valence-corrected chi connectivity index (χ3v) is 4.16. The molecular weight excluding hydrogens is 356 g/mol. The molecule has 144 valence electrons. The second kappa shape index (κ2) is 8.36. The van der Waals surface area contributed by atoms with Crippen LogP contribution in [0.25, 0.3) is 10.8 Å². The summed E-state index contributed by atoms with van der Waals surface area (Å²) in [5.74, 6) is -1.26. The number of aromatic nitrogens is 4. The van der Waals surface area contributed by atoms with Gasteiger partial charge < -0.3 is 15.2 Å². The first-order valence-corrected chi connectivity index (χ1v) is 8.58. The molecule has 27 heavy (non-hydrogen) atoms. The van der Waals surface area contributed by atoms with E-state index in [1.807, 2.05) is 6.92 Å². The van der Waals surface area contributed by atoms with Crippen LogP contribution in [0.5, 0.6) is 5.88 Å². The van der Waals surface area contributed by atoms with Crippen molar-refractivity contribution >= 4 is 10.8 Å². The van der Waals surface area contributed by atoms with Crippen molar-refractivity contribution in [2.45, 2.75) is 26.0 Å². The van der Waals surface area contributed by atoms with Gasteiger partial charge >= 0.3 is 0 Å². The zero-order valence-electron chi connectivity index (χ0n) is 15.1. The molecule has 0 amide bonds. The lowest BCUT2D eigenvalue weighted by Gasteiger charge is -2.17. The molecule has 0 saturated carbocycles. The number of ether oxygens (including phenoxy) is 1. The minimum Gasteiger partial charge on any atom is -0.469 e. The lowest BCUT2D eigenvalue weighted by molar-refractivity contribution is 0.283. The predicted molar refractivity (Wildman–Crippen MR) is 95.1 cm³/mol. The summed E-state index contributed by atoms with van der Waals surface area (Å²) in [6, 6.07) is 2.07. The van der Waals surface area contributed by atoms with Gasteiger partial charge in [0.25, 0.3) is 0 Å². The van der Waals surface area contributed by atoms with Gasteiger partial charge in [-0.15, -0.1) is 0 Å². The van der Waals surface area contributed by atoms with E-state index in [0.717, 1.165) is 12.1 Å². The highest BCUT2D eigenvalue weighted by Gasteiger charge is 2.17. The Balaban J connectivity index is 1.93. The highest BCUT2D eigenvalue weighted by molar-refractivity contribution is 5.90. The lowest BCUT2D eigenvalue weighted by atomic mass is 10.0. The van der Waals surface area contributed by atoms with Crippen LogP contribution >= 0.6 is 0 Å². The third-order valence-electron chi connectivity index (χ3n) is 4.16. The van der Waals surface area contributed by atoms with Gasteiger partial charge in [0.15, 0.2) is 24.1 Å². The van der Waals surface area contributed by atoms with Gasteiger partial charge in [0, 0.05) is 31.3 Å². The van der Waals surface area contributed by atoms with E-state index in [2.05, 4.69) is 20.4 Å². The zero-order valence-corrected chi connectivity index (χ0v) is 15.1. The number of pyridine rings is 1. The van der Waals surface area contributed by atoms with E-state index in [9.17, 15) is 8.78 Å². The van der Waals surface area contributed by atoms with E-state index in [-0.39, 0.29) is 25.1 Å². The number of aliphatic hydroxyl groups is 1. The molecule has 1 aromatic carbocycles.